The van der Waals surface area contributed by atoms with Gasteiger partial charge in [-0.1, -0.05) is 13.8 Å². The Morgan fingerprint density at radius 2 is 1.95 bits per heavy atom. The average Bonchev–Trinajstić information content (AvgIpc) is 2.72. The van der Waals surface area contributed by atoms with Gasteiger partial charge in [-0.2, -0.15) is 0 Å². The van der Waals surface area contributed by atoms with Crippen LogP contribution in [0.25, 0.3) is 0 Å². The molecule has 1 aromatic heterocycles. The van der Waals surface area contributed by atoms with Crippen molar-refractivity contribution in [2.45, 2.75) is 25.8 Å². The van der Waals surface area contributed by atoms with Gasteiger partial charge in [-0.3, -0.25) is 5.41 Å². The van der Waals surface area contributed by atoms with Crippen LogP contribution in [0.2, 0.25) is 0 Å². The molecular weight excluding hydrogens is 274 g/mol. The van der Waals surface area contributed by atoms with E-state index in [2.05, 4.69) is 0 Å². The minimum Gasteiger partial charge on any atom is -0.399 e. The fraction of sp³-hybridized carbons (Fsp3) is 0.267. The first-order valence-electron chi connectivity index (χ1n) is 6.46. The summed E-state index contributed by atoms with van der Waals surface area (Å²) < 4.78 is 28.9. The molecule has 0 atom stereocenters. The molecule has 0 fully saturated rings. The summed E-state index contributed by atoms with van der Waals surface area (Å²) >= 11 is 0. The Morgan fingerprint density at radius 1 is 1.29 bits per heavy atom. The Morgan fingerprint density at radius 3 is 2.57 bits per heavy atom. The number of nitrogens with two attached hydrogens (primary N) is 2. The Bertz CT molecular complexity index is 689. The van der Waals surface area contributed by atoms with Crippen LogP contribution in [-0.4, -0.2) is 10.4 Å². The van der Waals surface area contributed by atoms with E-state index < -0.39 is 11.2 Å². The molecule has 4 nitrogen and oxygen atoms in total. The van der Waals surface area contributed by atoms with Gasteiger partial charge < -0.3 is 16.0 Å². The second kappa shape index (κ2) is 5.20. The zero-order valence-electron chi connectivity index (χ0n) is 12.0. The predicted octanol–water partition coefficient (Wildman–Crippen LogP) is 2.61. The van der Waals surface area contributed by atoms with Crippen molar-refractivity contribution in [3.63, 3.8) is 0 Å². The van der Waals surface area contributed by atoms with Gasteiger partial charge in [-0.25, -0.2) is 8.78 Å². The van der Waals surface area contributed by atoms with Gasteiger partial charge >= 0.3 is 0 Å². The SMILES string of the molecule is CC(C)(Cn1cc(F)cc1C(=N)N)c1cc(N)ccc1F. The normalized spacial score (nSPS) is 11.6. The fourth-order valence-electron chi connectivity index (χ4n) is 2.41. The van der Waals surface area contributed by atoms with Crippen molar-refractivity contribution in [3.8, 4) is 0 Å². The number of aromatic nitrogens is 1. The lowest BCUT2D eigenvalue weighted by Gasteiger charge is -2.27. The van der Waals surface area contributed by atoms with E-state index >= 15 is 0 Å². The molecule has 0 radical (unpaired) electrons. The number of hydrogen-bond acceptors (Lipinski definition) is 2. The van der Waals surface area contributed by atoms with Gasteiger partial charge in [-0.05, 0) is 23.8 Å². The van der Waals surface area contributed by atoms with Crippen LogP contribution in [0.4, 0.5) is 14.5 Å². The number of amidine groups is 1. The smallest absolute Gasteiger partial charge is 0.141 e. The summed E-state index contributed by atoms with van der Waals surface area (Å²) in [5.41, 5.74) is 11.7. The molecular formula is C15H18F2N4. The fourth-order valence-corrected chi connectivity index (χ4v) is 2.41. The van der Waals surface area contributed by atoms with E-state index in [1.54, 1.807) is 6.07 Å². The molecule has 6 heteroatoms. The number of halogens is 2. The molecule has 1 heterocycles. The number of nitrogen functional groups attached to an aromatic ring is 2. The molecule has 1 aromatic carbocycles. The van der Waals surface area contributed by atoms with E-state index in [9.17, 15) is 8.78 Å². The summed E-state index contributed by atoms with van der Waals surface area (Å²) in [5.74, 6) is -1.09. The highest BCUT2D eigenvalue weighted by molar-refractivity contribution is 5.93. The molecule has 2 aromatic rings. The molecule has 0 spiro atoms. The van der Waals surface area contributed by atoms with Gasteiger partial charge in [0.05, 0.1) is 5.69 Å². The van der Waals surface area contributed by atoms with Gasteiger partial charge in [0.25, 0.3) is 0 Å². The van der Waals surface area contributed by atoms with Crippen LogP contribution in [0.15, 0.2) is 30.5 Å². The van der Waals surface area contributed by atoms with E-state index in [1.165, 1.54) is 29.0 Å². The number of nitrogens with one attached hydrogen (secondary N) is 1. The van der Waals surface area contributed by atoms with Crippen LogP contribution in [0, 0.1) is 17.0 Å². The van der Waals surface area contributed by atoms with Crippen molar-refractivity contribution in [2.24, 2.45) is 5.73 Å². The highest BCUT2D eigenvalue weighted by Gasteiger charge is 2.26. The largest absolute Gasteiger partial charge is 0.399 e. The number of rotatable bonds is 4. The lowest BCUT2D eigenvalue weighted by atomic mass is 9.83. The van der Waals surface area contributed by atoms with E-state index in [-0.39, 0.29) is 23.9 Å². The molecule has 0 aliphatic carbocycles. The van der Waals surface area contributed by atoms with Gasteiger partial charge in [0.2, 0.25) is 0 Å². The molecule has 0 amide bonds. The van der Waals surface area contributed by atoms with Gasteiger partial charge in [0, 0.05) is 29.9 Å². The maximum absolute atomic E-state index is 14.0. The van der Waals surface area contributed by atoms with Crippen LogP contribution in [0.1, 0.15) is 25.1 Å². The summed E-state index contributed by atoms with van der Waals surface area (Å²) in [6.45, 7) is 3.92. The zero-order chi connectivity index (χ0) is 15.8. The topological polar surface area (TPSA) is 80.8 Å². The minimum atomic E-state index is -0.644. The third-order valence-electron chi connectivity index (χ3n) is 3.42. The molecule has 21 heavy (non-hydrogen) atoms. The van der Waals surface area contributed by atoms with E-state index in [0.29, 0.717) is 11.3 Å². The van der Waals surface area contributed by atoms with Crippen LogP contribution < -0.4 is 11.5 Å². The predicted molar refractivity (Wildman–Crippen MR) is 79.2 cm³/mol. The monoisotopic (exact) mass is 292 g/mol. The van der Waals surface area contributed by atoms with Crippen LogP contribution in [0.5, 0.6) is 0 Å². The molecule has 0 aliphatic heterocycles. The maximum atomic E-state index is 14.0. The third-order valence-corrected chi connectivity index (χ3v) is 3.42. The molecule has 112 valence electrons. The molecule has 0 aliphatic rings. The molecule has 0 bridgehead atoms. The Hall–Kier alpha value is -2.37. The van der Waals surface area contributed by atoms with Crippen LogP contribution in [0.3, 0.4) is 0 Å². The number of anilines is 1. The highest BCUT2D eigenvalue weighted by atomic mass is 19.1. The molecule has 0 saturated carbocycles. The van der Waals surface area contributed by atoms with Gasteiger partial charge in [0.15, 0.2) is 0 Å². The lowest BCUT2D eigenvalue weighted by molar-refractivity contribution is 0.412. The second-order valence-corrected chi connectivity index (χ2v) is 5.71. The van der Waals surface area contributed by atoms with Crippen LogP contribution in [-0.2, 0) is 12.0 Å². The molecule has 0 unspecified atom stereocenters. The van der Waals surface area contributed by atoms with Crippen molar-refractivity contribution in [2.75, 3.05) is 5.73 Å². The van der Waals surface area contributed by atoms with Gasteiger partial charge in [-0.15, -0.1) is 0 Å². The summed E-state index contributed by atoms with van der Waals surface area (Å²) in [5, 5.41) is 7.47. The molecule has 0 saturated heterocycles. The Balaban J connectivity index is 2.41. The maximum Gasteiger partial charge on any atom is 0.141 e. The van der Waals surface area contributed by atoms with E-state index in [0.717, 1.165) is 0 Å². The molecule has 5 N–H and O–H groups in total. The first kappa shape index (κ1) is 15.0. The summed E-state index contributed by atoms with van der Waals surface area (Å²) in [6.07, 6.45) is 1.25. The quantitative estimate of drug-likeness (QED) is 0.460. The number of benzene rings is 1. The third kappa shape index (κ3) is 3.04. The van der Waals surface area contributed by atoms with E-state index in [4.69, 9.17) is 16.9 Å². The summed E-state index contributed by atoms with van der Waals surface area (Å²) in [6, 6.07) is 5.57. The lowest BCUT2D eigenvalue weighted by Crippen LogP contribution is -2.28. The van der Waals surface area contributed by atoms with Gasteiger partial charge in [0.1, 0.15) is 17.5 Å². The van der Waals surface area contributed by atoms with Crippen molar-refractivity contribution >= 4 is 11.5 Å². The standard InChI is InChI=1S/C15H18F2N4/c1-15(2,11-6-10(18)3-4-12(11)17)8-21-7-9(16)5-13(21)14(19)20/h3-7H,8,18H2,1-2H3,(H3,19,20). The minimum absolute atomic E-state index is 0.234. The summed E-state index contributed by atoms with van der Waals surface area (Å²) in [7, 11) is 0. The van der Waals surface area contributed by atoms with Crippen LogP contribution >= 0.6 is 0 Å². The summed E-state index contributed by atoms with van der Waals surface area (Å²) in [4.78, 5) is 0. The average molecular weight is 292 g/mol. The number of hydrogen-bond donors (Lipinski definition) is 3. The Kier molecular flexibility index (Phi) is 3.72. The zero-order valence-corrected chi connectivity index (χ0v) is 12.0. The Labute approximate surface area is 121 Å². The number of nitrogens with zero attached hydrogens (tertiary/aromatic N) is 1. The molecule has 2 rings (SSSR count). The van der Waals surface area contributed by atoms with Crippen molar-refractivity contribution in [1.29, 1.82) is 5.41 Å². The first-order valence-corrected chi connectivity index (χ1v) is 6.46. The van der Waals surface area contributed by atoms with Crippen molar-refractivity contribution in [3.05, 3.63) is 53.4 Å². The van der Waals surface area contributed by atoms with E-state index in [1.807, 2.05) is 13.8 Å². The highest BCUT2D eigenvalue weighted by Crippen LogP contribution is 2.30. The van der Waals surface area contributed by atoms with Crippen molar-refractivity contribution < 1.29 is 8.78 Å². The second-order valence-electron chi connectivity index (χ2n) is 5.71. The first-order chi connectivity index (χ1) is 9.70. The van der Waals surface area contributed by atoms with Crippen molar-refractivity contribution in [1.82, 2.24) is 4.57 Å².